The minimum absolute atomic E-state index is 0.0264. The van der Waals surface area contributed by atoms with E-state index in [1.807, 2.05) is 36.5 Å². The number of hydrogen-bond acceptors (Lipinski definition) is 3. The third kappa shape index (κ3) is 4.59. The summed E-state index contributed by atoms with van der Waals surface area (Å²) in [5, 5.41) is 4.64. The van der Waals surface area contributed by atoms with Crippen LogP contribution in [0.4, 0.5) is 0 Å². The number of amides is 1. The first-order chi connectivity index (χ1) is 10.3. The van der Waals surface area contributed by atoms with Gasteiger partial charge in [-0.2, -0.15) is 0 Å². The minimum atomic E-state index is -3.14. The molecule has 0 spiro atoms. The number of carbonyl (C=O) groups excluding carboxylic acids is 1. The Kier molecular flexibility index (Phi) is 5.71. The Morgan fingerprint density at radius 1 is 1.41 bits per heavy atom. The molecule has 1 aliphatic heterocycles. The number of nitrogens with one attached hydrogen (secondary N) is 1. The van der Waals surface area contributed by atoms with Crippen molar-refractivity contribution in [2.75, 3.05) is 18.1 Å². The number of carbonyl (C=O) groups is 1. The summed E-state index contributed by atoms with van der Waals surface area (Å²) in [7, 11) is -3.14. The topological polar surface area (TPSA) is 79.8 Å². The maximum atomic E-state index is 11.9. The van der Waals surface area contributed by atoms with Crippen LogP contribution in [-0.2, 0) is 14.6 Å². The first kappa shape index (κ1) is 17.5. The predicted octanol–water partition coefficient (Wildman–Crippen LogP) is 0.485. The van der Waals surface area contributed by atoms with Gasteiger partial charge < -0.3 is 10.6 Å². The summed E-state index contributed by atoms with van der Waals surface area (Å²) in [6, 6.07) is 6.99. The second-order valence-electron chi connectivity index (χ2n) is 5.52. The maximum absolute atomic E-state index is 11.9. The summed E-state index contributed by atoms with van der Waals surface area (Å²) in [6.07, 6.45) is 0. The number of rotatable bonds is 5. The molecule has 1 heterocycles. The Hall–Kier alpha value is -0.820. The van der Waals surface area contributed by atoms with Crippen LogP contribution in [0.5, 0.6) is 0 Å². The molecule has 0 radical (unpaired) electrons. The van der Waals surface area contributed by atoms with Gasteiger partial charge in [-0.1, -0.05) is 29.8 Å². The van der Waals surface area contributed by atoms with Crippen LogP contribution >= 0.6 is 23.2 Å². The Morgan fingerprint density at radius 3 is 2.68 bits per heavy atom. The first-order valence-corrected chi connectivity index (χ1v) is 9.63. The van der Waals surface area contributed by atoms with Gasteiger partial charge in [0.25, 0.3) is 5.91 Å². The fourth-order valence-electron chi connectivity index (χ4n) is 2.46. The van der Waals surface area contributed by atoms with Gasteiger partial charge >= 0.3 is 0 Å². The van der Waals surface area contributed by atoms with Crippen molar-refractivity contribution in [2.24, 2.45) is 0 Å². The lowest BCUT2D eigenvalue weighted by atomic mass is 10.1. The third-order valence-corrected chi connectivity index (χ3v) is 6.40. The zero-order valence-electron chi connectivity index (χ0n) is 12.1. The van der Waals surface area contributed by atoms with E-state index in [9.17, 15) is 13.2 Å². The van der Waals surface area contributed by atoms with Crippen LogP contribution < -0.4 is 10.6 Å². The number of sulfone groups is 1. The van der Waals surface area contributed by atoms with Gasteiger partial charge in [0.2, 0.25) is 0 Å². The first-order valence-electron chi connectivity index (χ1n) is 7.00. The average molecular weight is 366 g/mol. The Balaban J connectivity index is 1.85. The van der Waals surface area contributed by atoms with Crippen LogP contribution in [0.2, 0.25) is 5.02 Å². The van der Waals surface area contributed by atoms with Crippen molar-refractivity contribution < 1.29 is 18.5 Å². The molecule has 3 atom stereocenters. The molecular weight excluding hydrogens is 347 g/mol. The van der Waals surface area contributed by atoms with Crippen LogP contribution in [0.15, 0.2) is 24.3 Å². The monoisotopic (exact) mass is 365 g/mol. The number of halogens is 2. The molecule has 1 aliphatic rings. The highest BCUT2D eigenvalue weighted by atomic mass is 35.5. The van der Waals surface area contributed by atoms with E-state index in [0.29, 0.717) is 5.02 Å². The molecule has 2 rings (SSSR count). The number of alkyl halides is 1. The molecule has 0 saturated carbocycles. The Labute approximate surface area is 140 Å². The predicted molar refractivity (Wildman–Crippen MR) is 86.9 cm³/mol. The number of benzene rings is 1. The molecule has 0 unspecified atom stereocenters. The zero-order chi connectivity index (χ0) is 16.3. The molecule has 8 heteroatoms. The molecule has 3 N–H and O–H groups in total. The van der Waals surface area contributed by atoms with Gasteiger partial charge in [-0.25, -0.2) is 8.42 Å². The van der Waals surface area contributed by atoms with E-state index in [2.05, 4.69) is 5.32 Å². The lowest BCUT2D eigenvalue weighted by Gasteiger charge is -2.16. The number of nitrogens with two attached hydrogens (primary N) is 1. The molecule has 1 amide bonds. The van der Waals surface area contributed by atoms with E-state index in [1.165, 1.54) is 0 Å². The minimum Gasteiger partial charge on any atom is -0.346 e. The summed E-state index contributed by atoms with van der Waals surface area (Å²) in [6.45, 7) is 2.14. The highest BCUT2D eigenvalue weighted by Crippen LogP contribution is 2.19. The van der Waals surface area contributed by atoms with E-state index in [-0.39, 0.29) is 30.0 Å². The van der Waals surface area contributed by atoms with Gasteiger partial charge in [-0.3, -0.25) is 4.79 Å². The molecule has 1 aromatic rings. The van der Waals surface area contributed by atoms with Gasteiger partial charge in [-0.05, 0) is 13.0 Å². The summed E-state index contributed by atoms with van der Waals surface area (Å²) < 4.78 is 22.9. The third-order valence-electron chi connectivity index (χ3n) is 3.68. The van der Waals surface area contributed by atoms with Crippen molar-refractivity contribution in [3.63, 3.8) is 0 Å². The Morgan fingerprint density at radius 2 is 2.09 bits per heavy atom. The fourth-order valence-corrected chi connectivity index (χ4v) is 5.32. The molecule has 1 saturated heterocycles. The Bertz CT molecular complexity index is 651. The number of quaternary nitrogens is 1. The molecule has 0 aromatic heterocycles. The standard InChI is InChI=1S/C14H18Cl2N2O3S/c1-9(10-4-2-3-5-11(10)15)17-6-14(19)18-13-8-22(20,21)7-12(13)16/h2-5,9,12-13,17H,6-8H2,1H3,(H,18,19)/p+1/t9-,12-,13-/m0/s1. The smallest absolute Gasteiger partial charge is 0.275 e. The fraction of sp³-hybridized carbons (Fsp3) is 0.500. The quantitative estimate of drug-likeness (QED) is 0.745. The van der Waals surface area contributed by atoms with E-state index < -0.39 is 21.3 Å². The van der Waals surface area contributed by atoms with Crippen molar-refractivity contribution >= 4 is 38.9 Å². The van der Waals surface area contributed by atoms with Crippen molar-refractivity contribution in [1.29, 1.82) is 0 Å². The van der Waals surface area contributed by atoms with E-state index in [0.717, 1.165) is 5.56 Å². The highest BCUT2D eigenvalue weighted by molar-refractivity contribution is 7.91. The molecule has 22 heavy (non-hydrogen) atoms. The van der Waals surface area contributed by atoms with E-state index in [1.54, 1.807) is 0 Å². The molecule has 0 aliphatic carbocycles. The van der Waals surface area contributed by atoms with Crippen LogP contribution in [0.25, 0.3) is 0 Å². The summed E-state index contributed by atoms with van der Waals surface area (Å²) in [5.41, 5.74) is 0.954. The normalized spacial score (nSPS) is 24.9. The largest absolute Gasteiger partial charge is 0.346 e. The summed E-state index contributed by atoms with van der Waals surface area (Å²) >= 11 is 12.1. The molecule has 1 fully saturated rings. The average Bonchev–Trinajstić information content (AvgIpc) is 2.69. The van der Waals surface area contributed by atoms with Crippen LogP contribution in [0.3, 0.4) is 0 Å². The van der Waals surface area contributed by atoms with Gasteiger partial charge in [-0.15, -0.1) is 11.6 Å². The van der Waals surface area contributed by atoms with Crippen molar-refractivity contribution in [1.82, 2.24) is 5.32 Å². The summed E-state index contributed by atoms with van der Waals surface area (Å²) in [4.78, 5) is 11.9. The number of hydrogen-bond donors (Lipinski definition) is 2. The maximum Gasteiger partial charge on any atom is 0.275 e. The van der Waals surface area contributed by atoms with Crippen molar-refractivity contribution in [3.05, 3.63) is 34.9 Å². The molecular formula is C14H19Cl2N2O3S+. The van der Waals surface area contributed by atoms with E-state index in [4.69, 9.17) is 23.2 Å². The molecule has 1 aromatic carbocycles. The van der Waals surface area contributed by atoms with Crippen LogP contribution in [0, 0.1) is 0 Å². The van der Waals surface area contributed by atoms with Gasteiger partial charge in [0, 0.05) is 10.6 Å². The van der Waals surface area contributed by atoms with E-state index >= 15 is 0 Å². The van der Waals surface area contributed by atoms with Gasteiger partial charge in [0.05, 0.1) is 22.9 Å². The lowest BCUT2D eigenvalue weighted by molar-refractivity contribution is -0.682. The SMILES string of the molecule is C[C@H]([NH2+]CC(=O)N[C@H]1CS(=O)(=O)C[C@@H]1Cl)c1ccccc1Cl. The molecule has 0 bridgehead atoms. The van der Waals surface area contributed by atoms with Crippen molar-refractivity contribution in [3.8, 4) is 0 Å². The van der Waals surface area contributed by atoms with Crippen LogP contribution in [-0.4, -0.2) is 43.8 Å². The summed E-state index contributed by atoms with van der Waals surface area (Å²) in [5.74, 6) is -0.404. The van der Waals surface area contributed by atoms with Crippen molar-refractivity contribution in [2.45, 2.75) is 24.4 Å². The lowest BCUT2D eigenvalue weighted by Crippen LogP contribution is -2.87. The van der Waals surface area contributed by atoms with Gasteiger partial charge in [0.1, 0.15) is 6.04 Å². The zero-order valence-corrected chi connectivity index (χ0v) is 14.5. The molecule has 122 valence electrons. The van der Waals surface area contributed by atoms with Crippen LogP contribution in [0.1, 0.15) is 18.5 Å². The second-order valence-corrected chi connectivity index (χ2v) is 8.64. The molecule has 5 nitrogen and oxygen atoms in total. The second kappa shape index (κ2) is 7.17. The highest BCUT2D eigenvalue weighted by Gasteiger charge is 2.37. The van der Waals surface area contributed by atoms with Gasteiger partial charge in [0.15, 0.2) is 16.4 Å².